The number of unbranched alkanes of at least 4 members (excludes halogenated alkanes) is 7. The predicted octanol–water partition coefficient (Wildman–Crippen LogP) is 6.62. The van der Waals surface area contributed by atoms with Crippen molar-refractivity contribution in [3.05, 3.63) is 59.7 Å². The molecular weight excluding hydrogens is 386 g/mol. The third-order valence-electron chi connectivity index (χ3n) is 5.68. The monoisotopic (exact) mass is 425 g/mol. The summed E-state index contributed by atoms with van der Waals surface area (Å²) in [4.78, 5) is 13.9. The number of ketones is 1. The van der Waals surface area contributed by atoms with Gasteiger partial charge in [0.25, 0.3) is 0 Å². The van der Waals surface area contributed by atoms with E-state index in [0.29, 0.717) is 17.9 Å². The lowest BCUT2D eigenvalue weighted by atomic mass is 10.1. The molecule has 1 N–H and O–H groups in total. The van der Waals surface area contributed by atoms with Gasteiger partial charge in [0.15, 0.2) is 5.78 Å². The van der Waals surface area contributed by atoms with Gasteiger partial charge in [-0.15, -0.1) is 0 Å². The zero-order valence-electron chi connectivity index (χ0n) is 19.3. The first kappa shape index (κ1) is 24.9. The summed E-state index contributed by atoms with van der Waals surface area (Å²) in [5.41, 5.74) is 1.74. The van der Waals surface area contributed by atoms with Gasteiger partial charge in [-0.1, -0.05) is 75.8 Å². The van der Waals surface area contributed by atoms with Crippen LogP contribution in [0.3, 0.4) is 0 Å². The molecule has 0 aromatic heterocycles. The Morgan fingerprint density at radius 1 is 0.903 bits per heavy atom. The fourth-order valence-electron chi connectivity index (χ4n) is 3.78. The predicted molar refractivity (Wildman–Crippen MR) is 128 cm³/mol. The van der Waals surface area contributed by atoms with Crippen LogP contribution in [0.25, 0.3) is 0 Å². The Hall–Kier alpha value is -2.33. The van der Waals surface area contributed by atoms with E-state index in [0.717, 1.165) is 25.9 Å². The summed E-state index contributed by atoms with van der Waals surface area (Å²) < 4.78 is 5.68. The number of hydrogen-bond donors (Lipinski definition) is 1. The van der Waals surface area contributed by atoms with E-state index in [1.807, 2.05) is 0 Å². The number of carbonyl (C=O) groups is 1. The normalized spacial score (nSPS) is 11.1. The number of benzene rings is 2. The molecule has 0 fully saturated rings. The summed E-state index contributed by atoms with van der Waals surface area (Å²) in [7, 11) is 0. The maximum absolute atomic E-state index is 11.3. The molecule has 4 nitrogen and oxygen atoms in total. The van der Waals surface area contributed by atoms with E-state index in [9.17, 15) is 9.90 Å². The maximum atomic E-state index is 11.3. The van der Waals surface area contributed by atoms with Crippen molar-refractivity contribution in [2.45, 2.75) is 71.8 Å². The lowest BCUT2D eigenvalue weighted by Crippen LogP contribution is -2.23. The fourth-order valence-corrected chi connectivity index (χ4v) is 3.78. The Kier molecular flexibility index (Phi) is 11.8. The van der Waals surface area contributed by atoms with Gasteiger partial charge in [-0.2, -0.15) is 0 Å². The topological polar surface area (TPSA) is 49.8 Å². The van der Waals surface area contributed by atoms with Crippen LogP contribution in [0, 0.1) is 0 Å². The molecule has 0 bridgehead atoms. The lowest BCUT2D eigenvalue weighted by molar-refractivity contribution is 0.101. The van der Waals surface area contributed by atoms with Crippen LogP contribution >= 0.6 is 0 Å². The van der Waals surface area contributed by atoms with Crippen LogP contribution < -0.4 is 4.74 Å². The SMILES string of the molecule is CCN(CCCCCCCCCCOc1ccc(C(C)=O)c(O)c1)Cc1ccccc1. The van der Waals surface area contributed by atoms with Crippen molar-refractivity contribution < 1.29 is 14.6 Å². The van der Waals surface area contributed by atoms with E-state index in [4.69, 9.17) is 4.74 Å². The molecule has 0 saturated heterocycles. The molecule has 0 amide bonds. The van der Waals surface area contributed by atoms with Gasteiger partial charge in [0, 0.05) is 12.6 Å². The molecular formula is C27H39NO3. The number of phenols is 1. The molecule has 0 aliphatic carbocycles. The van der Waals surface area contributed by atoms with Crippen LogP contribution in [0.15, 0.2) is 48.5 Å². The number of Topliss-reactive ketones (excluding diaryl/α,β-unsaturated/α-hetero) is 1. The number of aromatic hydroxyl groups is 1. The van der Waals surface area contributed by atoms with E-state index in [1.165, 1.54) is 63.6 Å². The van der Waals surface area contributed by atoms with Gasteiger partial charge in [0.05, 0.1) is 12.2 Å². The number of rotatable bonds is 16. The Morgan fingerprint density at radius 3 is 2.16 bits per heavy atom. The fraction of sp³-hybridized carbons (Fsp3) is 0.519. The average molecular weight is 426 g/mol. The molecule has 31 heavy (non-hydrogen) atoms. The minimum Gasteiger partial charge on any atom is -0.507 e. The average Bonchev–Trinajstić information content (AvgIpc) is 2.77. The molecule has 2 rings (SSSR count). The summed E-state index contributed by atoms with van der Waals surface area (Å²) in [5.74, 6) is 0.474. The maximum Gasteiger partial charge on any atom is 0.163 e. The quantitative estimate of drug-likeness (QED) is 0.243. The van der Waals surface area contributed by atoms with E-state index >= 15 is 0 Å². The minimum atomic E-state index is -0.140. The molecule has 0 radical (unpaired) electrons. The van der Waals surface area contributed by atoms with E-state index < -0.39 is 0 Å². The number of carbonyl (C=O) groups excluding carboxylic acids is 1. The van der Waals surface area contributed by atoms with Crippen molar-refractivity contribution in [3.63, 3.8) is 0 Å². The number of phenolic OH excluding ortho intramolecular Hbond substituents is 1. The van der Waals surface area contributed by atoms with Crippen LogP contribution in [0.5, 0.6) is 11.5 Å². The number of ether oxygens (including phenoxy) is 1. The molecule has 0 aliphatic rings. The molecule has 0 saturated carbocycles. The summed E-state index contributed by atoms with van der Waals surface area (Å²) in [6.45, 7) is 7.69. The van der Waals surface area contributed by atoms with Crippen molar-refractivity contribution >= 4 is 5.78 Å². The van der Waals surface area contributed by atoms with Crippen molar-refractivity contribution in [1.82, 2.24) is 4.90 Å². The highest BCUT2D eigenvalue weighted by Crippen LogP contribution is 2.24. The largest absolute Gasteiger partial charge is 0.507 e. The summed E-state index contributed by atoms with van der Waals surface area (Å²) >= 11 is 0. The van der Waals surface area contributed by atoms with Crippen LogP contribution in [-0.2, 0) is 6.54 Å². The highest BCUT2D eigenvalue weighted by Gasteiger charge is 2.07. The van der Waals surface area contributed by atoms with Crippen LogP contribution in [0.2, 0.25) is 0 Å². The van der Waals surface area contributed by atoms with Crippen molar-refractivity contribution in [1.29, 1.82) is 0 Å². The third-order valence-corrected chi connectivity index (χ3v) is 5.68. The second-order valence-electron chi connectivity index (χ2n) is 8.27. The Balaban J connectivity index is 1.44. The molecule has 2 aromatic carbocycles. The van der Waals surface area contributed by atoms with E-state index in [2.05, 4.69) is 42.2 Å². The van der Waals surface area contributed by atoms with Crippen LogP contribution in [0.4, 0.5) is 0 Å². The number of nitrogens with zero attached hydrogens (tertiary/aromatic N) is 1. The van der Waals surface area contributed by atoms with Gasteiger partial charge in [0.1, 0.15) is 11.5 Å². The van der Waals surface area contributed by atoms with Gasteiger partial charge >= 0.3 is 0 Å². The van der Waals surface area contributed by atoms with Crippen LogP contribution in [-0.4, -0.2) is 35.5 Å². The second-order valence-corrected chi connectivity index (χ2v) is 8.27. The van der Waals surface area contributed by atoms with Gasteiger partial charge in [-0.3, -0.25) is 9.69 Å². The standard InChI is InChI=1S/C27H39NO3/c1-3-28(22-24-15-11-10-12-16-24)19-13-8-6-4-5-7-9-14-20-31-25-17-18-26(23(2)29)27(30)21-25/h10-12,15-18,21,30H,3-9,13-14,19-20,22H2,1-2H3. The van der Waals surface area contributed by atoms with E-state index in [-0.39, 0.29) is 11.5 Å². The van der Waals surface area contributed by atoms with Gasteiger partial charge in [-0.05, 0) is 50.6 Å². The molecule has 170 valence electrons. The highest BCUT2D eigenvalue weighted by atomic mass is 16.5. The highest BCUT2D eigenvalue weighted by molar-refractivity contribution is 5.96. The second kappa shape index (κ2) is 14.6. The molecule has 0 unspecified atom stereocenters. The van der Waals surface area contributed by atoms with Crippen molar-refractivity contribution in [3.8, 4) is 11.5 Å². The van der Waals surface area contributed by atoms with Crippen molar-refractivity contribution in [2.75, 3.05) is 19.7 Å². The summed E-state index contributed by atoms with van der Waals surface area (Å²) in [5, 5.41) is 9.83. The smallest absolute Gasteiger partial charge is 0.163 e. The molecule has 4 heteroatoms. The molecule has 0 atom stereocenters. The lowest BCUT2D eigenvalue weighted by Gasteiger charge is -2.20. The van der Waals surface area contributed by atoms with Gasteiger partial charge < -0.3 is 9.84 Å². The molecule has 0 aliphatic heterocycles. The summed E-state index contributed by atoms with van der Waals surface area (Å²) in [6, 6.07) is 15.6. The minimum absolute atomic E-state index is 0.00729. The van der Waals surface area contributed by atoms with Crippen LogP contribution in [0.1, 0.15) is 81.1 Å². The Morgan fingerprint density at radius 2 is 1.55 bits per heavy atom. The molecule has 0 spiro atoms. The Bertz CT molecular complexity index is 760. The first-order valence-electron chi connectivity index (χ1n) is 11.8. The summed E-state index contributed by atoms with van der Waals surface area (Å²) in [6.07, 6.45) is 9.94. The zero-order valence-corrected chi connectivity index (χ0v) is 19.3. The zero-order chi connectivity index (χ0) is 22.3. The van der Waals surface area contributed by atoms with Gasteiger partial charge in [0.2, 0.25) is 0 Å². The van der Waals surface area contributed by atoms with Crippen molar-refractivity contribution in [2.24, 2.45) is 0 Å². The van der Waals surface area contributed by atoms with E-state index in [1.54, 1.807) is 12.1 Å². The molecule has 0 heterocycles. The Labute approximate surface area is 188 Å². The third kappa shape index (κ3) is 10.0. The molecule has 2 aromatic rings. The number of hydrogen-bond acceptors (Lipinski definition) is 4. The first-order chi connectivity index (χ1) is 15.1. The first-order valence-corrected chi connectivity index (χ1v) is 11.8. The van der Waals surface area contributed by atoms with Gasteiger partial charge in [-0.25, -0.2) is 0 Å².